The largest absolute Gasteiger partial charge is 0.341 e. The van der Waals surface area contributed by atoms with Crippen molar-refractivity contribution in [3.8, 4) is 0 Å². The van der Waals surface area contributed by atoms with Crippen molar-refractivity contribution in [3.63, 3.8) is 0 Å². The zero-order valence-corrected chi connectivity index (χ0v) is 17.7. The van der Waals surface area contributed by atoms with Gasteiger partial charge in [0, 0.05) is 19.1 Å². The van der Waals surface area contributed by atoms with Gasteiger partial charge in [0.15, 0.2) is 0 Å². The fourth-order valence-corrected chi connectivity index (χ4v) is 5.51. The number of hydrogen-bond acceptors (Lipinski definition) is 2. The predicted molar refractivity (Wildman–Crippen MR) is 122 cm³/mol. The van der Waals surface area contributed by atoms with E-state index in [0.29, 0.717) is 11.8 Å². The van der Waals surface area contributed by atoms with Gasteiger partial charge in [-0.15, -0.1) is 0 Å². The Labute approximate surface area is 179 Å². The van der Waals surface area contributed by atoms with Crippen molar-refractivity contribution in [1.82, 2.24) is 9.80 Å². The second-order valence-electron chi connectivity index (χ2n) is 8.83. The van der Waals surface area contributed by atoms with Crippen LogP contribution in [0.5, 0.6) is 0 Å². The van der Waals surface area contributed by atoms with Gasteiger partial charge in [-0.1, -0.05) is 72.8 Å². The molecule has 3 aromatic rings. The molecule has 0 aliphatic carbocycles. The Hall–Kier alpha value is -2.65. The highest BCUT2D eigenvalue weighted by molar-refractivity contribution is 5.87. The number of benzene rings is 3. The molecule has 0 spiro atoms. The number of fused-ring (bicyclic) bond motifs is 2. The molecular formula is C27H30N2O. The summed E-state index contributed by atoms with van der Waals surface area (Å²) < 4.78 is 0. The van der Waals surface area contributed by atoms with Gasteiger partial charge in [-0.05, 0) is 60.5 Å². The summed E-state index contributed by atoms with van der Waals surface area (Å²) in [4.78, 5) is 18.1. The third-order valence-corrected chi connectivity index (χ3v) is 7.18. The molecule has 2 fully saturated rings. The van der Waals surface area contributed by atoms with Crippen LogP contribution < -0.4 is 0 Å². The number of likely N-dealkylation sites (tertiary alicyclic amines) is 2. The Kier molecular flexibility index (Phi) is 5.30. The number of rotatable bonds is 5. The minimum Gasteiger partial charge on any atom is -0.341 e. The van der Waals surface area contributed by atoms with E-state index >= 15 is 0 Å². The Morgan fingerprint density at radius 1 is 0.900 bits per heavy atom. The highest BCUT2D eigenvalue weighted by Gasteiger charge is 2.45. The Morgan fingerprint density at radius 3 is 2.50 bits per heavy atom. The minimum absolute atomic E-state index is 0.0310. The Balaban J connectivity index is 1.36. The number of carbonyl (C=O) groups is 1. The number of nitrogens with zero attached hydrogens (tertiary/aromatic N) is 2. The lowest BCUT2D eigenvalue weighted by atomic mass is 9.90. The average Bonchev–Trinajstić information content (AvgIpc) is 3.23. The first-order chi connectivity index (χ1) is 14.7. The summed E-state index contributed by atoms with van der Waals surface area (Å²) in [6.45, 7) is 5.02. The molecule has 0 N–H and O–H groups in total. The molecule has 3 heteroatoms. The predicted octanol–water partition coefficient (Wildman–Crippen LogP) is 5.07. The summed E-state index contributed by atoms with van der Waals surface area (Å²) >= 11 is 0. The van der Waals surface area contributed by atoms with Crippen LogP contribution in [0.1, 0.15) is 36.9 Å². The van der Waals surface area contributed by atoms with Gasteiger partial charge in [-0.3, -0.25) is 9.69 Å². The maximum absolute atomic E-state index is 13.5. The summed E-state index contributed by atoms with van der Waals surface area (Å²) in [5.74, 6) is 0.842. The third-order valence-electron chi connectivity index (χ3n) is 7.18. The standard InChI is InChI=1S/C27H30N2O/c1-20(24-13-7-11-22-10-5-6-12-25(22)24)29-19-16-23-15-18-28(27(30)26(23)29)17-14-21-8-3-2-4-9-21/h2-13,20,23,26H,14-19H2,1H3/t20-,23+,26-/m1/s1. The lowest BCUT2D eigenvalue weighted by Gasteiger charge is -2.40. The molecule has 2 heterocycles. The van der Waals surface area contributed by atoms with Crippen molar-refractivity contribution in [3.05, 3.63) is 83.9 Å². The number of piperidine rings is 1. The molecule has 154 valence electrons. The Morgan fingerprint density at radius 2 is 1.63 bits per heavy atom. The highest BCUT2D eigenvalue weighted by Crippen LogP contribution is 2.39. The van der Waals surface area contributed by atoms with E-state index < -0.39 is 0 Å². The second kappa shape index (κ2) is 8.23. The van der Waals surface area contributed by atoms with E-state index in [4.69, 9.17) is 0 Å². The molecule has 2 saturated heterocycles. The fourth-order valence-electron chi connectivity index (χ4n) is 5.51. The van der Waals surface area contributed by atoms with Gasteiger partial charge < -0.3 is 4.90 Å². The topological polar surface area (TPSA) is 23.6 Å². The second-order valence-corrected chi connectivity index (χ2v) is 8.83. The maximum atomic E-state index is 13.5. The quantitative estimate of drug-likeness (QED) is 0.599. The number of amides is 1. The van der Waals surface area contributed by atoms with Crippen molar-refractivity contribution >= 4 is 16.7 Å². The van der Waals surface area contributed by atoms with Crippen LogP contribution in [0.4, 0.5) is 0 Å². The van der Waals surface area contributed by atoms with Crippen LogP contribution in [-0.2, 0) is 11.2 Å². The monoisotopic (exact) mass is 398 g/mol. The van der Waals surface area contributed by atoms with Crippen molar-refractivity contribution < 1.29 is 4.79 Å². The van der Waals surface area contributed by atoms with Crippen LogP contribution >= 0.6 is 0 Å². The van der Waals surface area contributed by atoms with Gasteiger partial charge in [0.2, 0.25) is 5.91 Å². The van der Waals surface area contributed by atoms with Gasteiger partial charge in [0.25, 0.3) is 0 Å². The summed E-state index contributed by atoms with van der Waals surface area (Å²) in [6, 6.07) is 25.9. The van der Waals surface area contributed by atoms with E-state index in [1.165, 1.54) is 21.9 Å². The molecule has 0 unspecified atom stereocenters. The molecule has 0 aromatic heterocycles. The lowest BCUT2D eigenvalue weighted by Crippen LogP contribution is -2.53. The molecule has 0 saturated carbocycles. The molecule has 0 radical (unpaired) electrons. The van der Waals surface area contributed by atoms with Gasteiger partial charge in [-0.2, -0.15) is 0 Å². The van der Waals surface area contributed by atoms with Crippen molar-refractivity contribution in [2.75, 3.05) is 19.6 Å². The normalized spacial score (nSPS) is 23.0. The maximum Gasteiger partial charge on any atom is 0.240 e. The summed E-state index contributed by atoms with van der Waals surface area (Å²) in [5.41, 5.74) is 2.64. The van der Waals surface area contributed by atoms with Crippen LogP contribution in [0.15, 0.2) is 72.8 Å². The SMILES string of the molecule is C[C@H](c1cccc2ccccc12)N1CC[C@@H]2CCN(CCc3ccccc3)C(=O)[C@@H]21. The molecule has 3 atom stereocenters. The summed E-state index contributed by atoms with van der Waals surface area (Å²) in [5, 5.41) is 2.58. The van der Waals surface area contributed by atoms with E-state index in [1.807, 2.05) is 6.07 Å². The van der Waals surface area contributed by atoms with Gasteiger partial charge in [0.1, 0.15) is 0 Å². The first-order valence-corrected chi connectivity index (χ1v) is 11.3. The molecule has 2 aliphatic heterocycles. The van der Waals surface area contributed by atoms with Crippen LogP contribution in [0.2, 0.25) is 0 Å². The van der Waals surface area contributed by atoms with Crippen LogP contribution in [-0.4, -0.2) is 41.4 Å². The van der Waals surface area contributed by atoms with Gasteiger partial charge in [-0.25, -0.2) is 0 Å². The van der Waals surface area contributed by atoms with E-state index in [9.17, 15) is 4.79 Å². The van der Waals surface area contributed by atoms with E-state index in [-0.39, 0.29) is 12.1 Å². The molecule has 2 aliphatic rings. The lowest BCUT2D eigenvalue weighted by molar-refractivity contribution is -0.141. The number of hydrogen-bond donors (Lipinski definition) is 0. The van der Waals surface area contributed by atoms with Crippen molar-refractivity contribution in [1.29, 1.82) is 0 Å². The molecule has 3 aromatic carbocycles. The third kappa shape index (κ3) is 3.52. The Bertz CT molecular complexity index is 1030. The first-order valence-electron chi connectivity index (χ1n) is 11.3. The van der Waals surface area contributed by atoms with E-state index in [1.54, 1.807) is 0 Å². The van der Waals surface area contributed by atoms with Crippen molar-refractivity contribution in [2.24, 2.45) is 5.92 Å². The zero-order chi connectivity index (χ0) is 20.5. The minimum atomic E-state index is 0.0310. The molecule has 3 nitrogen and oxygen atoms in total. The molecular weight excluding hydrogens is 368 g/mol. The average molecular weight is 399 g/mol. The van der Waals surface area contributed by atoms with Crippen LogP contribution in [0.25, 0.3) is 10.8 Å². The molecule has 5 rings (SSSR count). The molecule has 0 bridgehead atoms. The van der Waals surface area contributed by atoms with E-state index in [0.717, 1.165) is 38.9 Å². The summed E-state index contributed by atoms with van der Waals surface area (Å²) in [6.07, 6.45) is 3.20. The smallest absolute Gasteiger partial charge is 0.240 e. The first kappa shape index (κ1) is 19.3. The molecule has 30 heavy (non-hydrogen) atoms. The number of carbonyl (C=O) groups excluding carboxylic acids is 1. The van der Waals surface area contributed by atoms with Crippen molar-refractivity contribution in [2.45, 2.75) is 38.3 Å². The van der Waals surface area contributed by atoms with Gasteiger partial charge >= 0.3 is 0 Å². The highest BCUT2D eigenvalue weighted by atomic mass is 16.2. The van der Waals surface area contributed by atoms with Gasteiger partial charge in [0.05, 0.1) is 6.04 Å². The van der Waals surface area contributed by atoms with E-state index in [2.05, 4.69) is 83.5 Å². The van der Waals surface area contributed by atoms with Crippen LogP contribution in [0.3, 0.4) is 0 Å². The fraction of sp³-hybridized carbons (Fsp3) is 0.370. The van der Waals surface area contributed by atoms with Crippen LogP contribution in [0, 0.1) is 5.92 Å². The zero-order valence-electron chi connectivity index (χ0n) is 17.7. The molecule has 1 amide bonds. The summed E-state index contributed by atoms with van der Waals surface area (Å²) in [7, 11) is 0.